The Morgan fingerprint density at radius 2 is 1.72 bits per heavy atom. The Hall–Kier alpha value is -1.98. The van der Waals surface area contributed by atoms with E-state index in [0.717, 1.165) is 11.8 Å². The minimum absolute atomic E-state index is 0.168. The molecule has 0 atom stereocenters. The summed E-state index contributed by atoms with van der Waals surface area (Å²) >= 11 is 12.6. The maximum Gasteiger partial charge on any atom is 0.416 e. The Kier molecular flexibility index (Phi) is 7.07. The van der Waals surface area contributed by atoms with Crippen molar-refractivity contribution in [2.24, 2.45) is 7.05 Å². The fraction of sp³-hybridized carbons (Fsp3) is 0.318. The molecule has 0 aliphatic heterocycles. The number of hydrogen-bond acceptors (Lipinski definition) is 1. The van der Waals surface area contributed by atoms with E-state index in [1.807, 2.05) is 19.9 Å². The van der Waals surface area contributed by atoms with Crippen LogP contribution >= 0.6 is 23.2 Å². The van der Waals surface area contributed by atoms with Crippen LogP contribution in [-0.2, 0) is 19.6 Å². The highest BCUT2D eigenvalue weighted by molar-refractivity contribution is 6.38. The van der Waals surface area contributed by atoms with E-state index in [2.05, 4.69) is 0 Å². The van der Waals surface area contributed by atoms with Crippen LogP contribution in [-0.4, -0.2) is 10.4 Å². The number of rotatable bonds is 3. The van der Waals surface area contributed by atoms with E-state index in [9.17, 15) is 18.0 Å². The van der Waals surface area contributed by atoms with Crippen LogP contribution in [0.2, 0.25) is 10.0 Å². The maximum atomic E-state index is 13.2. The molecule has 0 amide bonds. The smallest absolute Gasteiger partial charge is 0.347 e. The highest BCUT2D eigenvalue weighted by Gasteiger charge is 2.33. The van der Waals surface area contributed by atoms with Gasteiger partial charge in [0, 0.05) is 40.7 Å². The lowest BCUT2D eigenvalue weighted by atomic mass is 10.0. The third kappa shape index (κ3) is 4.62. The summed E-state index contributed by atoms with van der Waals surface area (Å²) in [6.07, 6.45) is -4.12. The molecule has 0 N–H and O–H groups in total. The second-order valence-corrected chi connectivity index (χ2v) is 7.32. The zero-order valence-corrected chi connectivity index (χ0v) is 18.4. The van der Waals surface area contributed by atoms with Gasteiger partial charge in [-0.05, 0) is 55.3 Å². The van der Waals surface area contributed by atoms with Crippen molar-refractivity contribution in [3.8, 4) is 0 Å². The van der Waals surface area contributed by atoms with Crippen LogP contribution in [0.1, 0.15) is 53.5 Å². The molecule has 29 heavy (non-hydrogen) atoms. The molecule has 0 aliphatic rings. The van der Waals surface area contributed by atoms with Crippen LogP contribution in [0.4, 0.5) is 13.2 Å². The third-order valence-electron chi connectivity index (χ3n) is 4.72. The molecule has 7 heteroatoms. The fourth-order valence-corrected chi connectivity index (χ4v) is 3.88. The molecule has 3 aromatic rings. The summed E-state index contributed by atoms with van der Waals surface area (Å²) in [4.78, 5) is 11.7. The van der Waals surface area contributed by atoms with Crippen LogP contribution in [0.3, 0.4) is 0 Å². The Balaban J connectivity index is 0.00000145. The largest absolute Gasteiger partial charge is 0.416 e. The molecule has 0 unspecified atom stereocenters. The summed E-state index contributed by atoms with van der Waals surface area (Å²) in [7, 11) is 1.70. The number of halogens is 5. The van der Waals surface area contributed by atoms with Crippen molar-refractivity contribution in [1.82, 2.24) is 4.57 Å². The number of aromatic nitrogens is 1. The van der Waals surface area contributed by atoms with Gasteiger partial charge < -0.3 is 4.57 Å². The third-order valence-corrected chi connectivity index (χ3v) is 5.50. The molecular formula is C22H22Cl2F3NO. The minimum atomic E-state index is -4.41. The predicted molar refractivity (Wildman–Crippen MR) is 113 cm³/mol. The van der Waals surface area contributed by atoms with Crippen molar-refractivity contribution in [2.75, 3.05) is 0 Å². The SMILES string of the molecule is CC.CC(=O)c1ccc(Cl)c(Cc2cc3cc(C)c(C(F)(F)F)cc3n2C)c1Cl. The zero-order chi connectivity index (χ0) is 22.1. The number of hydrogen-bond donors (Lipinski definition) is 0. The Labute approximate surface area is 178 Å². The zero-order valence-electron chi connectivity index (χ0n) is 16.8. The van der Waals surface area contributed by atoms with Gasteiger partial charge in [0.1, 0.15) is 0 Å². The second kappa shape index (κ2) is 8.80. The number of fused-ring (bicyclic) bond motifs is 1. The van der Waals surface area contributed by atoms with Crippen molar-refractivity contribution >= 4 is 39.9 Å². The van der Waals surface area contributed by atoms with Gasteiger partial charge in [0.05, 0.1) is 10.6 Å². The van der Waals surface area contributed by atoms with E-state index < -0.39 is 11.7 Å². The van der Waals surface area contributed by atoms with Gasteiger partial charge in [-0.2, -0.15) is 13.2 Å². The van der Waals surface area contributed by atoms with E-state index >= 15 is 0 Å². The first-order chi connectivity index (χ1) is 13.5. The molecule has 0 spiro atoms. The highest BCUT2D eigenvalue weighted by Crippen LogP contribution is 2.36. The summed E-state index contributed by atoms with van der Waals surface area (Å²) in [5.41, 5.74) is 1.67. The molecule has 156 valence electrons. The summed E-state index contributed by atoms with van der Waals surface area (Å²) in [6, 6.07) is 7.67. The summed E-state index contributed by atoms with van der Waals surface area (Å²) in [6.45, 7) is 6.86. The quantitative estimate of drug-likeness (QED) is 0.381. The summed E-state index contributed by atoms with van der Waals surface area (Å²) in [5, 5.41) is 1.38. The summed E-state index contributed by atoms with van der Waals surface area (Å²) in [5.74, 6) is -0.180. The molecule has 0 aliphatic carbocycles. The first-order valence-electron chi connectivity index (χ1n) is 9.14. The second-order valence-electron chi connectivity index (χ2n) is 6.54. The number of carbonyl (C=O) groups is 1. The topological polar surface area (TPSA) is 22.0 Å². The molecular weight excluding hydrogens is 422 g/mol. The van der Waals surface area contributed by atoms with Crippen molar-refractivity contribution in [3.05, 3.63) is 68.3 Å². The van der Waals surface area contributed by atoms with Gasteiger partial charge in [0.25, 0.3) is 0 Å². The van der Waals surface area contributed by atoms with Crippen molar-refractivity contribution in [3.63, 3.8) is 0 Å². The average Bonchev–Trinajstić information content (AvgIpc) is 2.93. The molecule has 2 nitrogen and oxygen atoms in total. The number of aryl methyl sites for hydroxylation is 2. The monoisotopic (exact) mass is 443 g/mol. The maximum absolute atomic E-state index is 13.2. The standard InChI is InChI=1S/C20H16Cl2F3NO.C2H6/c1-10-6-12-7-13(26(3)18(12)9-16(10)20(23,24)25)8-15-17(21)5-4-14(11(2)27)19(15)22;1-2/h4-7,9H,8H2,1-3H3;1-2H3. The van der Waals surface area contributed by atoms with Crippen LogP contribution in [0.5, 0.6) is 0 Å². The molecule has 0 saturated heterocycles. The predicted octanol–water partition coefficient (Wildman–Crippen LogP) is 7.63. The highest BCUT2D eigenvalue weighted by atomic mass is 35.5. The van der Waals surface area contributed by atoms with Gasteiger partial charge in [-0.25, -0.2) is 0 Å². The number of nitrogens with zero attached hydrogens (tertiary/aromatic N) is 1. The summed E-state index contributed by atoms with van der Waals surface area (Å²) < 4.78 is 41.3. The van der Waals surface area contributed by atoms with Gasteiger partial charge >= 0.3 is 6.18 Å². The molecule has 1 aromatic heterocycles. The van der Waals surface area contributed by atoms with Gasteiger partial charge in [0.2, 0.25) is 0 Å². The molecule has 1 heterocycles. The van der Waals surface area contributed by atoms with E-state index in [1.165, 1.54) is 19.9 Å². The fourth-order valence-electron chi connectivity index (χ4n) is 3.24. The van der Waals surface area contributed by atoms with E-state index in [0.29, 0.717) is 33.5 Å². The van der Waals surface area contributed by atoms with E-state index in [-0.39, 0.29) is 16.4 Å². The Morgan fingerprint density at radius 1 is 1.10 bits per heavy atom. The van der Waals surface area contributed by atoms with Crippen LogP contribution < -0.4 is 0 Å². The van der Waals surface area contributed by atoms with Gasteiger partial charge in [0.15, 0.2) is 5.78 Å². The first kappa shape index (κ1) is 23.3. The first-order valence-corrected chi connectivity index (χ1v) is 9.90. The minimum Gasteiger partial charge on any atom is -0.347 e. The van der Waals surface area contributed by atoms with Crippen molar-refractivity contribution in [2.45, 2.75) is 40.3 Å². The average molecular weight is 444 g/mol. The number of benzene rings is 2. The molecule has 0 fully saturated rings. The molecule has 0 bridgehead atoms. The molecule has 0 saturated carbocycles. The molecule has 0 radical (unpaired) electrons. The van der Waals surface area contributed by atoms with Crippen LogP contribution in [0, 0.1) is 6.92 Å². The lowest BCUT2D eigenvalue weighted by molar-refractivity contribution is -0.137. The molecule has 2 aromatic carbocycles. The van der Waals surface area contributed by atoms with Crippen molar-refractivity contribution < 1.29 is 18.0 Å². The van der Waals surface area contributed by atoms with Gasteiger partial charge in [-0.15, -0.1) is 0 Å². The number of Topliss-reactive ketones (excluding diaryl/α,β-unsaturated/α-hetero) is 1. The number of ketones is 1. The normalized spacial score (nSPS) is 11.4. The van der Waals surface area contributed by atoms with E-state index in [4.69, 9.17) is 23.2 Å². The van der Waals surface area contributed by atoms with Crippen LogP contribution in [0.25, 0.3) is 10.9 Å². The van der Waals surface area contributed by atoms with Crippen LogP contribution in [0.15, 0.2) is 30.3 Å². The Bertz CT molecular complexity index is 1070. The van der Waals surface area contributed by atoms with Gasteiger partial charge in [-0.3, -0.25) is 4.79 Å². The lowest BCUT2D eigenvalue weighted by Gasteiger charge is -2.12. The lowest BCUT2D eigenvalue weighted by Crippen LogP contribution is -2.08. The number of carbonyl (C=O) groups excluding carboxylic acids is 1. The van der Waals surface area contributed by atoms with E-state index in [1.54, 1.807) is 23.7 Å². The molecule has 3 rings (SSSR count). The Morgan fingerprint density at radius 3 is 2.28 bits per heavy atom. The van der Waals surface area contributed by atoms with Gasteiger partial charge in [-0.1, -0.05) is 37.0 Å². The van der Waals surface area contributed by atoms with Crippen molar-refractivity contribution in [1.29, 1.82) is 0 Å². The number of alkyl halides is 3.